The van der Waals surface area contributed by atoms with E-state index >= 15 is 0 Å². The highest BCUT2D eigenvalue weighted by Gasteiger charge is 2.47. The molecule has 1 saturated heterocycles. The summed E-state index contributed by atoms with van der Waals surface area (Å²) in [5, 5.41) is 11.9. The van der Waals surface area contributed by atoms with Crippen molar-refractivity contribution in [3.63, 3.8) is 0 Å². The summed E-state index contributed by atoms with van der Waals surface area (Å²) in [7, 11) is 0. The molecular formula is C13H16N2O4. The highest BCUT2D eigenvalue weighted by atomic mass is 16.5. The van der Waals surface area contributed by atoms with Gasteiger partial charge in [-0.25, -0.2) is 0 Å². The van der Waals surface area contributed by atoms with Crippen LogP contribution in [0.4, 0.5) is 5.69 Å². The van der Waals surface area contributed by atoms with E-state index in [9.17, 15) is 14.7 Å². The standard InChI is InChI=1S/C13H16N2O4/c1-13(12(17)18)7-19-6-10(13)15-11(16)8-2-4-9(14)5-3-8/h2-5,10H,6-7,14H2,1H3,(H,15,16)(H,17,18). The second-order valence-electron chi connectivity index (χ2n) is 4.89. The van der Waals surface area contributed by atoms with Gasteiger partial charge in [0.15, 0.2) is 0 Å². The number of carboxylic acids is 1. The second-order valence-corrected chi connectivity index (χ2v) is 4.89. The number of nitrogen functional groups attached to an aromatic ring is 1. The van der Waals surface area contributed by atoms with Crippen LogP contribution in [0, 0.1) is 5.41 Å². The number of nitrogens with two attached hydrogens (primary N) is 1. The topological polar surface area (TPSA) is 102 Å². The molecule has 1 aliphatic heterocycles. The van der Waals surface area contributed by atoms with Crippen LogP contribution < -0.4 is 11.1 Å². The number of benzene rings is 1. The molecule has 4 N–H and O–H groups in total. The first-order valence-electron chi connectivity index (χ1n) is 5.91. The van der Waals surface area contributed by atoms with E-state index in [0.29, 0.717) is 11.3 Å². The summed E-state index contributed by atoms with van der Waals surface area (Å²) in [5.74, 6) is -1.31. The van der Waals surface area contributed by atoms with Crippen LogP contribution >= 0.6 is 0 Å². The van der Waals surface area contributed by atoms with Crippen molar-refractivity contribution >= 4 is 17.6 Å². The molecule has 19 heavy (non-hydrogen) atoms. The van der Waals surface area contributed by atoms with Gasteiger partial charge in [0.25, 0.3) is 5.91 Å². The lowest BCUT2D eigenvalue weighted by Gasteiger charge is -2.25. The van der Waals surface area contributed by atoms with Crippen LogP contribution in [0.5, 0.6) is 0 Å². The highest BCUT2D eigenvalue weighted by Crippen LogP contribution is 2.28. The third-order valence-corrected chi connectivity index (χ3v) is 3.42. The molecule has 0 aliphatic carbocycles. The molecule has 0 spiro atoms. The molecule has 1 fully saturated rings. The molecule has 1 amide bonds. The van der Waals surface area contributed by atoms with Crippen LogP contribution in [0.25, 0.3) is 0 Å². The first kappa shape index (κ1) is 13.4. The van der Waals surface area contributed by atoms with Crippen LogP contribution in [0.3, 0.4) is 0 Å². The van der Waals surface area contributed by atoms with Crippen molar-refractivity contribution < 1.29 is 19.4 Å². The highest BCUT2D eigenvalue weighted by molar-refractivity contribution is 5.95. The Morgan fingerprint density at radius 3 is 2.63 bits per heavy atom. The Kier molecular flexibility index (Phi) is 3.44. The minimum absolute atomic E-state index is 0.0923. The summed E-state index contributed by atoms with van der Waals surface area (Å²) >= 11 is 0. The third-order valence-electron chi connectivity index (χ3n) is 3.42. The maximum atomic E-state index is 12.0. The van der Waals surface area contributed by atoms with Gasteiger partial charge < -0.3 is 20.9 Å². The molecule has 2 atom stereocenters. The number of nitrogens with one attached hydrogen (secondary N) is 1. The Morgan fingerprint density at radius 2 is 2.05 bits per heavy atom. The largest absolute Gasteiger partial charge is 0.481 e. The van der Waals surface area contributed by atoms with Crippen LogP contribution in [0.15, 0.2) is 24.3 Å². The summed E-state index contributed by atoms with van der Waals surface area (Å²) in [6.07, 6.45) is 0. The third kappa shape index (κ3) is 2.53. The molecule has 6 heteroatoms. The van der Waals surface area contributed by atoms with Gasteiger partial charge in [0.1, 0.15) is 5.41 Å². The predicted octanol–water partition coefficient (Wildman–Crippen LogP) is 0.488. The molecule has 1 heterocycles. The zero-order chi connectivity index (χ0) is 14.0. The van der Waals surface area contributed by atoms with Gasteiger partial charge in [-0.1, -0.05) is 0 Å². The number of anilines is 1. The smallest absolute Gasteiger partial charge is 0.313 e. The lowest BCUT2D eigenvalue weighted by atomic mass is 9.85. The number of ether oxygens (including phenoxy) is 1. The Balaban J connectivity index is 2.10. The summed E-state index contributed by atoms with van der Waals surface area (Å²) < 4.78 is 5.17. The average Bonchev–Trinajstić information content (AvgIpc) is 2.73. The molecule has 1 aromatic rings. The van der Waals surface area contributed by atoms with Crippen molar-refractivity contribution in [1.29, 1.82) is 0 Å². The number of carbonyl (C=O) groups is 2. The first-order valence-corrected chi connectivity index (χ1v) is 5.91. The van der Waals surface area contributed by atoms with E-state index in [2.05, 4.69) is 5.32 Å². The number of hydrogen-bond acceptors (Lipinski definition) is 4. The van der Waals surface area contributed by atoms with E-state index < -0.39 is 17.4 Å². The number of hydrogen-bond donors (Lipinski definition) is 3. The van der Waals surface area contributed by atoms with Gasteiger partial charge in [-0.05, 0) is 31.2 Å². The van der Waals surface area contributed by atoms with Crippen molar-refractivity contribution in [1.82, 2.24) is 5.32 Å². The van der Waals surface area contributed by atoms with Gasteiger partial charge in [0, 0.05) is 11.3 Å². The fraction of sp³-hybridized carbons (Fsp3) is 0.385. The molecule has 0 aromatic heterocycles. The first-order chi connectivity index (χ1) is 8.93. The molecule has 2 unspecified atom stereocenters. The van der Waals surface area contributed by atoms with Gasteiger partial charge in [-0.2, -0.15) is 0 Å². The second kappa shape index (κ2) is 4.89. The zero-order valence-corrected chi connectivity index (χ0v) is 10.6. The molecule has 0 saturated carbocycles. The summed E-state index contributed by atoms with van der Waals surface area (Å²) in [5.41, 5.74) is 5.45. The molecule has 6 nitrogen and oxygen atoms in total. The Morgan fingerprint density at radius 1 is 1.42 bits per heavy atom. The van der Waals surface area contributed by atoms with Crippen molar-refractivity contribution in [3.05, 3.63) is 29.8 Å². The van der Waals surface area contributed by atoms with Crippen molar-refractivity contribution in [3.8, 4) is 0 Å². The zero-order valence-electron chi connectivity index (χ0n) is 10.6. The quantitative estimate of drug-likeness (QED) is 0.689. The predicted molar refractivity (Wildman–Crippen MR) is 68.7 cm³/mol. The minimum Gasteiger partial charge on any atom is -0.481 e. The Hall–Kier alpha value is -2.08. The number of carbonyl (C=O) groups excluding carboxylic acids is 1. The average molecular weight is 264 g/mol. The molecule has 102 valence electrons. The summed E-state index contributed by atoms with van der Waals surface area (Å²) in [6, 6.07) is 5.89. The lowest BCUT2D eigenvalue weighted by molar-refractivity contribution is -0.148. The maximum absolute atomic E-state index is 12.0. The van der Waals surface area contributed by atoms with E-state index in [0.717, 1.165) is 0 Å². The van der Waals surface area contributed by atoms with Gasteiger partial charge in [0.05, 0.1) is 19.3 Å². The van der Waals surface area contributed by atoms with Crippen molar-refractivity contribution in [2.45, 2.75) is 13.0 Å². The van der Waals surface area contributed by atoms with E-state index in [1.807, 2.05) is 0 Å². The maximum Gasteiger partial charge on any atom is 0.313 e. The monoisotopic (exact) mass is 264 g/mol. The van der Waals surface area contributed by atoms with Crippen LogP contribution in [-0.4, -0.2) is 36.2 Å². The van der Waals surface area contributed by atoms with Crippen LogP contribution in [-0.2, 0) is 9.53 Å². The van der Waals surface area contributed by atoms with Crippen LogP contribution in [0.1, 0.15) is 17.3 Å². The van der Waals surface area contributed by atoms with E-state index in [-0.39, 0.29) is 19.1 Å². The fourth-order valence-corrected chi connectivity index (χ4v) is 1.96. The number of carboxylic acid groups (broad SMARTS) is 1. The molecule has 2 rings (SSSR count). The van der Waals surface area contributed by atoms with Crippen molar-refractivity contribution in [2.24, 2.45) is 5.41 Å². The normalized spacial score (nSPS) is 26.1. The number of amides is 1. The molecule has 1 aliphatic rings. The van der Waals surface area contributed by atoms with Gasteiger partial charge in [-0.3, -0.25) is 9.59 Å². The van der Waals surface area contributed by atoms with Gasteiger partial charge in [-0.15, -0.1) is 0 Å². The summed E-state index contributed by atoms with van der Waals surface area (Å²) in [6.45, 7) is 1.86. The van der Waals surface area contributed by atoms with Gasteiger partial charge >= 0.3 is 5.97 Å². The molecular weight excluding hydrogens is 248 g/mol. The van der Waals surface area contributed by atoms with Crippen molar-refractivity contribution in [2.75, 3.05) is 18.9 Å². The molecule has 1 aromatic carbocycles. The Bertz CT molecular complexity index is 500. The van der Waals surface area contributed by atoms with Crippen LogP contribution in [0.2, 0.25) is 0 Å². The van der Waals surface area contributed by atoms with E-state index in [1.165, 1.54) is 0 Å². The van der Waals surface area contributed by atoms with Gasteiger partial charge in [0.2, 0.25) is 0 Å². The fourth-order valence-electron chi connectivity index (χ4n) is 1.96. The SMILES string of the molecule is CC1(C(=O)O)COCC1NC(=O)c1ccc(N)cc1. The Labute approximate surface area is 110 Å². The minimum atomic E-state index is -1.09. The lowest BCUT2D eigenvalue weighted by Crippen LogP contribution is -2.49. The molecule has 0 bridgehead atoms. The number of rotatable bonds is 3. The summed E-state index contributed by atoms with van der Waals surface area (Å²) in [4.78, 5) is 23.3. The number of aliphatic carboxylic acids is 1. The molecule has 0 radical (unpaired) electrons. The van der Waals surface area contributed by atoms with E-state index in [4.69, 9.17) is 10.5 Å². The van der Waals surface area contributed by atoms with E-state index in [1.54, 1.807) is 31.2 Å².